The molecule has 0 spiro atoms. The standard InChI is InChI=1S/C26H31NO5/c28-25(27-14-12-21(13-15-27)17-20-5-2-1-3-6-20)19-32-26(29)22-8-10-23(11-9-22)31-18-24-7-4-16-30-24/h1-3,5-6,8-11,21,24H,4,7,12-19H2/t24-/m1/s1. The predicted molar refractivity (Wildman–Crippen MR) is 121 cm³/mol. The Balaban J connectivity index is 1.16. The molecule has 2 heterocycles. The molecule has 6 nitrogen and oxygen atoms in total. The average molecular weight is 438 g/mol. The molecule has 6 heteroatoms. The van der Waals surface area contributed by atoms with Crippen molar-refractivity contribution < 1.29 is 23.8 Å². The molecule has 170 valence electrons. The van der Waals surface area contributed by atoms with Crippen LogP contribution in [0.25, 0.3) is 0 Å². The van der Waals surface area contributed by atoms with Crippen LogP contribution in [0.15, 0.2) is 54.6 Å². The molecule has 0 aliphatic carbocycles. The first-order valence-electron chi connectivity index (χ1n) is 11.5. The Kier molecular flexibility index (Phi) is 7.77. The summed E-state index contributed by atoms with van der Waals surface area (Å²) >= 11 is 0. The molecule has 2 saturated heterocycles. The number of piperidine rings is 1. The first-order chi connectivity index (χ1) is 15.7. The van der Waals surface area contributed by atoms with Gasteiger partial charge in [0, 0.05) is 19.7 Å². The molecule has 0 radical (unpaired) electrons. The van der Waals surface area contributed by atoms with Crippen molar-refractivity contribution in [1.29, 1.82) is 0 Å². The van der Waals surface area contributed by atoms with E-state index in [-0.39, 0.29) is 18.6 Å². The second-order valence-corrected chi connectivity index (χ2v) is 8.56. The summed E-state index contributed by atoms with van der Waals surface area (Å²) in [7, 11) is 0. The number of nitrogens with zero attached hydrogens (tertiary/aromatic N) is 1. The van der Waals surface area contributed by atoms with Gasteiger partial charge in [-0.2, -0.15) is 0 Å². The monoisotopic (exact) mass is 437 g/mol. The summed E-state index contributed by atoms with van der Waals surface area (Å²) in [6, 6.07) is 17.3. The summed E-state index contributed by atoms with van der Waals surface area (Å²) in [6.45, 7) is 2.51. The molecule has 32 heavy (non-hydrogen) atoms. The first kappa shape index (κ1) is 22.3. The van der Waals surface area contributed by atoms with E-state index in [1.165, 1.54) is 5.56 Å². The SMILES string of the molecule is O=C(OCC(=O)N1CCC(Cc2ccccc2)CC1)c1ccc(OC[C@H]2CCCO2)cc1. The summed E-state index contributed by atoms with van der Waals surface area (Å²) in [5, 5.41) is 0. The molecule has 4 rings (SSSR count). The molecule has 2 fully saturated rings. The van der Waals surface area contributed by atoms with Gasteiger partial charge in [0.05, 0.1) is 11.7 Å². The van der Waals surface area contributed by atoms with Gasteiger partial charge in [0.2, 0.25) is 0 Å². The maximum absolute atomic E-state index is 12.5. The lowest BCUT2D eigenvalue weighted by Crippen LogP contribution is -2.41. The number of carbonyl (C=O) groups excluding carboxylic acids is 2. The third-order valence-corrected chi connectivity index (χ3v) is 6.21. The average Bonchev–Trinajstić information content (AvgIpc) is 3.36. The molecule has 2 aliphatic rings. The van der Waals surface area contributed by atoms with E-state index in [0.29, 0.717) is 36.9 Å². The van der Waals surface area contributed by atoms with Crippen molar-refractivity contribution in [2.24, 2.45) is 5.92 Å². The number of hydrogen-bond acceptors (Lipinski definition) is 5. The van der Waals surface area contributed by atoms with Crippen molar-refractivity contribution in [2.75, 3.05) is 32.9 Å². The Bertz CT molecular complexity index is 869. The molecule has 0 bridgehead atoms. The van der Waals surface area contributed by atoms with Crippen molar-refractivity contribution in [1.82, 2.24) is 4.90 Å². The van der Waals surface area contributed by atoms with E-state index in [9.17, 15) is 9.59 Å². The van der Waals surface area contributed by atoms with Crippen LogP contribution < -0.4 is 4.74 Å². The Morgan fingerprint density at radius 3 is 2.41 bits per heavy atom. The fourth-order valence-electron chi connectivity index (χ4n) is 4.29. The second kappa shape index (κ2) is 11.1. The van der Waals surface area contributed by atoms with Gasteiger partial charge >= 0.3 is 5.97 Å². The molecule has 1 atom stereocenters. The van der Waals surface area contributed by atoms with Crippen LogP contribution in [-0.2, 0) is 20.7 Å². The minimum atomic E-state index is -0.497. The lowest BCUT2D eigenvalue weighted by Gasteiger charge is -2.32. The fraction of sp³-hybridized carbons (Fsp3) is 0.462. The number of carbonyl (C=O) groups is 2. The second-order valence-electron chi connectivity index (χ2n) is 8.56. The number of benzene rings is 2. The van der Waals surface area contributed by atoms with Gasteiger partial charge in [0.1, 0.15) is 12.4 Å². The normalized spacial score (nSPS) is 19.0. The molecule has 0 aromatic heterocycles. The maximum Gasteiger partial charge on any atom is 0.338 e. The van der Waals surface area contributed by atoms with Gasteiger partial charge in [0.15, 0.2) is 6.61 Å². The van der Waals surface area contributed by atoms with Crippen LogP contribution in [0, 0.1) is 5.92 Å². The Hall–Kier alpha value is -2.86. The molecule has 2 aliphatic heterocycles. The van der Waals surface area contributed by atoms with Crippen molar-refractivity contribution in [3.8, 4) is 5.75 Å². The molecule has 0 unspecified atom stereocenters. The zero-order valence-electron chi connectivity index (χ0n) is 18.4. The van der Waals surface area contributed by atoms with Crippen LogP contribution in [0.4, 0.5) is 0 Å². The molecular weight excluding hydrogens is 406 g/mol. The third kappa shape index (κ3) is 6.33. The molecular formula is C26H31NO5. The number of amides is 1. The minimum Gasteiger partial charge on any atom is -0.491 e. The van der Waals surface area contributed by atoms with Crippen LogP contribution in [-0.4, -0.2) is 55.8 Å². The van der Waals surface area contributed by atoms with Gasteiger partial charge in [-0.05, 0) is 67.9 Å². The van der Waals surface area contributed by atoms with E-state index in [0.717, 1.165) is 38.7 Å². The van der Waals surface area contributed by atoms with Gasteiger partial charge in [-0.3, -0.25) is 4.79 Å². The quantitative estimate of drug-likeness (QED) is 0.587. The number of likely N-dealkylation sites (tertiary alicyclic amines) is 1. The smallest absolute Gasteiger partial charge is 0.338 e. The van der Waals surface area contributed by atoms with E-state index in [4.69, 9.17) is 14.2 Å². The van der Waals surface area contributed by atoms with Gasteiger partial charge in [-0.25, -0.2) is 4.79 Å². The first-order valence-corrected chi connectivity index (χ1v) is 11.5. The Morgan fingerprint density at radius 2 is 1.72 bits per heavy atom. The van der Waals surface area contributed by atoms with E-state index in [1.54, 1.807) is 29.2 Å². The van der Waals surface area contributed by atoms with E-state index >= 15 is 0 Å². The van der Waals surface area contributed by atoms with E-state index in [1.807, 2.05) is 6.07 Å². The highest BCUT2D eigenvalue weighted by atomic mass is 16.5. The predicted octanol–water partition coefficient (Wildman–Crippen LogP) is 3.88. The number of rotatable bonds is 8. The summed E-state index contributed by atoms with van der Waals surface area (Å²) in [5.41, 5.74) is 1.75. The van der Waals surface area contributed by atoms with Gasteiger partial charge < -0.3 is 19.1 Å². The summed E-state index contributed by atoms with van der Waals surface area (Å²) in [6.07, 6.45) is 5.23. The van der Waals surface area contributed by atoms with Crippen LogP contribution in [0.3, 0.4) is 0 Å². The van der Waals surface area contributed by atoms with Crippen molar-refractivity contribution in [3.05, 3.63) is 65.7 Å². The van der Waals surface area contributed by atoms with Gasteiger partial charge in [-0.15, -0.1) is 0 Å². The van der Waals surface area contributed by atoms with Gasteiger partial charge in [-0.1, -0.05) is 30.3 Å². The van der Waals surface area contributed by atoms with E-state index in [2.05, 4.69) is 24.3 Å². The van der Waals surface area contributed by atoms with Crippen LogP contribution >= 0.6 is 0 Å². The molecule has 2 aromatic rings. The van der Waals surface area contributed by atoms with Crippen molar-refractivity contribution in [3.63, 3.8) is 0 Å². The molecule has 1 amide bonds. The zero-order valence-corrected chi connectivity index (χ0v) is 18.4. The lowest BCUT2D eigenvalue weighted by molar-refractivity contribution is -0.135. The largest absolute Gasteiger partial charge is 0.491 e. The molecule has 2 aromatic carbocycles. The van der Waals surface area contributed by atoms with Gasteiger partial charge in [0.25, 0.3) is 5.91 Å². The van der Waals surface area contributed by atoms with Crippen molar-refractivity contribution in [2.45, 2.75) is 38.2 Å². The summed E-state index contributed by atoms with van der Waals surface area (Å²) in [4.78, 5) is 26.6. The highest BCUT2D eigenvalue weighted by Crippen LogP contribution is 2.22. The topological polar surface area (TPSA) is 65.1 Å². The fourth-order valence-corrected chi connectivity index (χ4v) is 4.29. The van der Waals surface area contributed by atoms with E-state index < -0.39 is 5.97 Å². The van der Waals surface area contributed by atoms with Crippen LogP contribution in [0.1, 0.15) is 41.6 Å². The van der Waals surface area contributed by atoms with Crippen LogP contribution in [0.2, 0.25) is 0 Å². The third-order valence-electron chi connectivity index (χ3n) is 6.21. The zero-order chi connectivity index (χ0) is 22.2. The van der Waals surface area contributed by atoms with Crippen LogP contribution in [0.5, 0.6) is 5.75 Å². The summed E-state index contributed by atoms with van der Waals surface area (Å²) in [5.74, 6) is 0.646. The molecule has 0 N–H and O–H groups in total. The number of hydrogen-bond donors (Lipinski definition) is 0. The Labute approximate surface area is 189 Å². The summed E-state index contributed by atoms with van der Waals surface area (Å²) < 4.78 is 16.5. The number of ether oxygens (including phenoxy) is 3. The molecule has 0 saturated carbocycles. The minimum absolute atomic E-state index is 0.131. The van der Waals surface area contributed by atoms with Crippen molar-refractivity contribution >= 4 is 11.9 Å². The lowest BCUT2D eigenvalue weighted by atomic mass is 9.90. The highest BCUT2D eigenvalue weighted by molar-refractivity contribution is 5.91. The highest BCUT2D eigenvalue weighted by Gasteiger charge is 2.24. The maximum atomic E-state index is 12.5. The Morgan fingerprint density at radius 1 is 0.969 bits per heavy atom. The number of esters is 1.